The van der Waals surface area contributed by atoms with Crippen LogP contribution in [0.4, 0.5) is 0 Å². The number of halogens is 1. The summed E-state index contributed by atoms with van der Waals surface area (Å²) in [5, 5.41) is 12.9. The predicted molar refractivity (Wildman–Crippen MR) is 70.4 cm³/mol. The number of hydrogen-bond acceptors (Lipinski definition) is 6. The Morgan fingerprint density at radius 1 is 1.72 bits per heavy atom. The standard InChI is InChI=1S/C9H11BrN4O3S/c1-13(2)7(5-14(16)17)12-8(15)3-6-4-11-9(10)18-6/h4-5H,3H2,1-2H3,(H,12,15)/b7-5-. The first-order valence-corrected chi connectivity index (χ1v) is 6.42. The zero-order valence-corrected chi connectivity index (χ0v) is 12.1. The van der Waals surface area contributed by atoms with E-state index in [-0.39, 0.29) is 18.1 Å². The Morgan fingerprint density at radius 2 is 2.39 bits per heavy atom. The van der Waals surface area contributed by atoms with Gasteiger partial charge in [0.1, 0.15) is 0 Å². The number of amides is 1. The van der Waals surface area contributed by atoms with Crippen molar-refractivity contribution in [1.29, 1.82) is 0 Å². The summed E-state index contributed by atoms with van der Waals surface area (Å²) in [7, 11) is 3.22. The number of nitrogens with zero attached hydrogens (tertiary/aromatic N) is 3. The molecule has 0 bridgehead atoms. The normalized spacial score (nSPS) is 11.2. The van der Waals surface area contributed by atoms with Gasteiger partial charge in [-0.15, -0.1) is 11.3 Å². The van der Waals surface area contributed by atoms with E-state index < -0.39 is 4.92 Å². The fraction of sp³-hybridized carbons (Fsp3) is 0.333. The second kappa shape index (κ2) is 6.45. The highest BCUT2D eigenvalue weighted by Crippen LogP contribution is 2.18. The first-order chi connectivity index (χ1) is 8.38. The van der Waals surface area contributed by atoms with E-state index in [2.05, 4.69) is 26.2 Å². The molecule has 0 aliphatic rings. The predicted octanol–water partition coefficient (Wildman–Crippen LogP) is 1.20. The van der Waals surface area contributed by atoms with Crippen LogP contribution >= 0.6 is 27.3 Å². The van der Waals surface area contributed by atoms with E-state index in [1.165, 1.54) is 16.2 Å². The molecule has 1 aromatic rings. The minimum Gasteiger partial charge on any atom is -0.359 e. The average Bonchev–Trinajstić information content (AvgIpc) is 2.62. The van der Waals surface area contributed by atoms with Crippen LogP contribution in [0.25, 0.3) is 0 Å². The van der Waals surface area contributed by atoms with Crippen LogP contribution in [0.15, 0.2) is 22.1 Å². The SMILES string of the molecule is CN(C)/C(=C\[N+](=O)[O-])NC(=O)Cc1cnc(Br)s1. The van der Waals surface area contributed by atoms with E-state index in [9.17, 15) is 14.9 Å². The summed E-state index contributed by atoms with van der Waals surface area (Å²) in [6.45, 7) is 0. The molecule has 0 saturated heterocycles. The lowest BCUT2D eigenvalue weighted by atomic mass is 10.3. The summed E-state index contributed by atoms with van der Waals surface area (Å²) in [5.74, 6) is -0.193. The summed E-state index contributed by atoms with van der Waals surface area (Å²) in [6, 6.07) is 0. The van der Waals surface area contributed by atoms with Crippen LogP contribution in [-0.4, -0.2) is 34.8 Å². The fourth-order valence-corrected chi connectivity index (χ4v) is 2.43. The highest BCUT2D eigenvalue weighted by atomic mass is 79.9. The Kier molecular flexibility index (Phi) is 5.23. The molecule has 0 atom stereocenters. The first kappa shape index (κ1) is 14.6. The largest absolute Gasteiger partial charge is 0.359 e. The van der Waals surface area contributed by atoms with Crippen LogP contribution in [0, 0.1) is 10.1 Å². The minimum absolute atomic E-state index is 0.131. The Hall–Kier alpha value is -1.48. The number of nitrogens with one attached hydrogen (secondary N) is 1. The lowest BCUT2D eigenvalue weighted by Crippen LogP contribution is -2.32. The third-order valence-corrected chi connectivity index (χ3v) is 3.31. The minimum atomic E-state index is -0.612. The number of carbonyl (C=O) groups is 1. The lowest BCUT2D eigenvalue weighted by Gasteiger charge is -2.14. The van der Waals surface area contributed by atoms with E-state index in [0.29, 0.717) is 3.92 Å². The highest BCUT2D eigenvalue weighted by Gasteiger charge is 2.12. The zero-order chi connectivity index (χ0) is 13.7. The van der Waals surface area contributed by atoms with Gasteiger partial charge in [0, 0.05) is 25.2 Å². The zero-order valence-electron chi connectivity index (χ0n) is 9.71. The smallest absolute Gasteiger partial charge is 0.274 e. The maximum Gasteiger partial charge on any atom is 0.274 e. The number of thiazole rings is 1. The average molecular weight is 335 g/mol. The van der Waals surface area contributed by atoms with Crippen molar-refractivity contribution in [3.63, 3.8) is 0 Å². The summed E-state index contributed by atoms with van der Waals surface area (Å²) in [4.78, 5) is 27.7. The van der Waals surface area contributed by atoms with E-state index in [4.69, 9.17) is 0 Å². The van der Waals surface area contributed by atoms with Crippen molar-refractivity contribution in [3.8, 4) is 0 Å². The maximum absolute atomic E-state index is 11.7. The van der Waals surface area contributed by atoms with Crippen molar-refractivity contribution < 1.29 is 9.72 Å². The monoisotopic (exact) mass is 334 g/mol. The summed E-state index contributed by atoms with van der Waals surface area (Å²) in [6.07, 6.45) is 2.47. The van der Waals surface area contributed by atoms with Crippen LogP contribution in [0.3, 0.4) is 0 Å². The molecule has 7 nitrogen and oxygen atoms in total. The van der Waals surface area contributed by atoms with Crippen molar-refractivity contribution in [3.05, 3.63) is 37.1 Å². The van der Waals surface area contributed by atoms with Gasteiger partial charge in [-0.3, -0.25) is 14.9 Å². The molecule has 0 fully saturated rings. The van der Waals surface area contributed by atoms with Gasteiger partial charge in [-0.2, -0.15) is 0 Å². The molecular weight excluding hydrogens is 324 g/mol. The van der Waals surface area contributed by atoms with Gasteiger partial charge in [0.25, 0.3) is 6.20 Å². The molecule has 0 unspecified atom stereocenters. The van der Waals surface area contributed by atoms with Crippen LogP contribution in [0.5, 0.6) is 0 Å². The molecule has 1 amide bonds. The second-order valence-electron chi connectivity index (χ2n) is 3.50. The molecule has 0 aliphatic heterocycles. The Balaban J connectivity index is 2.65. The van der Waals surface area contributed by atoms with Crippen LogP contribution in [-0.2, 0) is 11.2 Å². The highest BCUT2D eigenvalue weighted by molar-refractivity contribution is 9.11. The molecule has 98 valence electrons. The Bertz CT molecular complexity index is 486. The third kappa shape index (κ3) is 4.80. The molecule has 1 heterocycles. The van der Waals surface area contributed by atoms with Gasteiger partial charge in [-0.05, 0) is 15.9 Å². The van der Waals surface area contributed by atoms with Crippen LogP contribution in [0.1, 0.15) is 4.88 Å². The van der Waals surface area contributed by atoms with Crippen molar-refractivity contribution in [2.24, 2.45) is 0 Å². The van der Waals surface area contributed by atoms with Crippen molar-refractivity contribution in [1.82, 2.24) is 15.2 Å². The van der Waals surface area contributed by atoms with Gasteiger partial charge in [0.15, 0.2) is 9.74 Å². The van der Waals surface area contributed by atoms with Crippen LogP contribution < -0.4 is 5.32 Å². The summed E-state index contributed by atoms with van der Waals surface area (Å²) < 4.78 is 0.693. The quantitative estimate of drug-likeness (QED) is 0.645. The van der Waals surface area contributed by atoms with E-state index in [0.717, 1.165) is 11.1 Å². The van der Waals surface area contributed by atoms with E-state index in [1.807, 2.05) is 0 Å². The Morgan fingerprint density at radius 3 is 2.83 bits per heavy atom. The van der Waals surface area contributed by atoms with Gasteiger partial charge < -0.3 is 10.2 Å². The molecule has 0 spiro atoms. The Labute approximate surface area is 116 Å². The van der Waals surface area contributed by atoms with Crippen molar-refractivity contribution >= 4 is 33.2 Å². The fourth-order valence-electron chi connectivity index (χ4n) is 1.07. The number of carbonyl (C=O) groups excluding carboxylic acids is 1. The number of rotatable bonds is 5. The van der Waals surface area contributed by atoms with Crippen molar-refractivity contribution in [2.45, 2.75) is 6.42 Å². The number of aromatic nitrogens is 1. The summed E-state index contributed by atoms with van der Waals surface area (Å²) >= 11 is 4.54. The second-order valence-corrected chi connectivity index (χ2v) is 5.89. The molecule has 1 N–H and O–H groups in total. The van der Waals surface area contributed by atoms with Crippen molar-refractivity contribution in [2.75, 3.05) is 14.1 Å². The molecule has 0 saturated carbocycles. The van der Waals surface area contributed by atoms with Gasteiger partial charge in [-0.1, -0.05) is 0 Å². The maximum atomic E-state index is 11.7. The molecule has 1 rings (SSSR count). The number of nitro groups is 1. The molecule has 9 heteroatoms. The summed E-state index contributed by atoms with van der Waals surface area (Å²) in [5.41, 5.74) is 0. The molecule has 0 radical (unpaired) electrons. The molecule has 1 aromatic heterocycles. The van der Waals surface area contributed by atoms with E-state index >= 15 is 0 Å². The molecule has 0 aliphatic carbocycles. The van der Waals surface area contributed by atoms with Gasteiger partial charge in [0.05, 0.1) is 11.3 Å². The lowest BCUT2D eigenvalue weighted by molar-refractivity contribution is -0.404. The molecular formula is C9H11BrN4O3S. The van der Waals surface area contributed by atoms with Crippen LogP contribution in [0.2, 0.25) is 0 Å². The van der Waals surface area contributed by atoms with E-state index in [1.54, 1.807) is 20.3 Å². The number of hydrogen-bond donors (Lipinski definition) is 1. The molecule has 18 heavy (non-hydrogen) atoms. The molecule has 0 aromatic carbocycles. The van der Waals surface area contributed by atoms with Gasteiger partial charge in [-0.25, -0.2) is 4.98 Å². The van der Waals surface area contributed by atoms with Gasteiger partial charge in [0.2, 0.25) is 5.91 Å². The third-order valence-electron chi connectivity index (χ3n) is 1.84. The van der Waals surface area contributed by atoms with Gasteiger partial charge >= 0.3 is 0 Å². The first-order valence-electron chi connectivity index (χ1n) is 4.81. The topological polar surface area (TPSA) is 88.4 Å².